The summed E-state index contributed by atoms with van der Waals surface area (Å²) in [7, 11) is 0. The molecule has 0 spiro atoms. The first-order chi connectivity index (χ1) is 10.4. The zero-order valence-corrected chi connectivity index (χ0v) is 13.8. The van der Waals surface area contributed by atoms with Crippen LogP contribution in [0.4, 0.5) is 0 Å². The summed E-state index contributed by atoms with van der Waals surface area (Å²) in [6, 6.07) is 0. The van der Waals surface area contributed by atoms with Gasteiger partial charge in [0.2, 0.25) is 0 Å². The fraction of sp³-hybridized carbons (Fsp3) is 0.684. The van der Waals surface area contributed by atoms with Crippen LogP contribution in [-0.4, -0.2) is 17.2 Å². The monoisotopic (exact) mass is 302 g/mol. The highest BCUT2D eigenvalue weighted by Crippen LogP contribution is 2.62. The van der Waals surface area contributed by atoms with Gasteiger partial charge < -0.3 is 9.90 Å². The highest BCUT2D eigenvalue weighted by molar-refractivity contribution is 6.01. The first-order valence-electron chi connectivity index (χ1n) is 8.47. The molecule has 2 saturated carbocycles. The summed E-state index contributed by atoms with van der Waals surface area (Å²) in [6.45, 7) is 6.43. The van der Waals surface area contributed by atoms with Gasteiger partial charge in [0.25, 0.3) is 0 Å². The summed E-state index contributed by atoms with van der Waals surface area (Å²) in [4.78, 5) is 24.8. The van der Waals surface area contributed by atoms with Gasteiger partial charge in [-0.1, -0.05) is 31.9 Å². The Balaban J connectivity index is 2.13. The van der Waals surface area contributed by atoms with Gasteiger partial charge in [0.05, 0.1) is 6.26 Å². The number of carbonyl (C=O) groups excluding carboxylic acids is 2. The zero-order chi connectivity index (χ0) is 16.1. The lowest BCUT2D eigenvalue weighted by molar-refractivity contribution is -0.133. The number of hydrogen-bond acceptors (Lipinski definition) is 3. The predicted octanol–water partition coefficient (Wildman–Crippen LogP) is 4.14. The molecule has 0 unspecified atom stereocenters. The molecule has 3 aliphatic carbocycles. The van der Waals surface area contributed by atoms with Gasteiger partial charge in [0.15, 0.2) is 5.78 Å². The topological polar surface area (TPSA) is 54.4 Å². The number of aliphatic hydroxyl groups is 1. The Hall–Kier alpha value is -1.38. The molecule has 3 heteroatoms. The molecule has 0 radical (unpaired) electrons. The largest absolute Gasteiger partial charge is 0.515 e. The normalized spacial score (nSPS) is 40.1. The van der Waals surface area contributed by atoms with Crippen molar-refractivity contribution in [3.63, 3.8) is 0 Å². The van der Waals surface area contributed by atoms with Gasteiger partial charge in [-0.25, -0.2) is 0 Å². The molecule has 0 amide bonds. The standard InChI is InChI=1S/C19H26O3/c1-12(2)14-6-7-19(11-21)9-8-18(3)15(16(14)19)5-4-13(10-20)17(18)22/h10-12,15,20H,4-9H2,1-3H3/b13-10-/t15-,18-,19-/m1/s1. The molecule has 3 atom stereocenters. The van der Waals surface area contributed by atoms with E-state index in [1.54, 1.807) is 0 Å². The fourth-order valence-electron chi connectivity index (χ4n) is 5.17. The maximum absolute atomic E-state index is 12.8. The third-order valence-electron chi connectivity index (χ3n) is 6.52. The smallest absolute Gasteiger partial charge is 0.168 e. The Labute approximate surface area is 132 Å². The van der Waals surface area contributed by atoms with E-state index in [-0.39, 0.29) is 17.1 Å². The maximum atomic E-state index is 12.8. The summed E-state index contributed by atoms with van der Waals surface area (Å²) in [5, 5.41) is 9.34. The first kappa shape index (κ1) is 15.5. The SMILES string of the molecule is CC(C)C1=C2[C@H]3CC/C(=C/O)C(=O)[C@]3(C)CC[C@@]2(C=O)CC1. The lowest BCUT2D eigenvalue weighted by atomic mass is 9.51. The Bertz CT molecular complexity index is 583. The van der Waals surface area contributed by atoms with E-state index in [1.165, 1.54) is 17.4 Å². The number of Topliss-reactive ketones (excluding diaryl/α,β-unsaturated/α-hetero) is 1. The van der Waals surface area contributed by atoms with Crippen molar-refractivity contribution in [2.75, 3.05) is 0 Å². The second-order valence-corrected chi connectivity index (χ2v) is 7.86. The van der Waals surface area contributed by atoms with E-state index in [1.807, 2.05) is 6.92 Å². The van der Waals surface area contributed by atoms with E-state index in [2.05, 4.69) is 13.8 Å². The molecular formula is C19H26O3. The van der Waals surface area contributed by atoms with E-state index in [4.69, 9.17) is 0 Å². The van der Waals surface area contributed by atoms with Gasteiger partial charge in [0.1, 0.15) is 6.29 Å². The number of rotatable bonds is 2. The molecule has 3 nitrogen and oxygen atoms in total. The molecule has 3 aliphatic rings. The molecular weight excluding hydrogens is 276 g/mol. The minimum Gasteiger partial charge on any atom is -0.515 e. The summed E-state index contributed by atoms with van der Waals surface area (Å²) in [6.07, 6.45) is 7.10. The molecule has 0 aromatic rings. The lowest BCUT2D eigenvalue weighted by Crippen LogP contribution is -2.49. The van der Waals surface area contributed by atoms with Crippen LogP contribution in [0.2, 0.25) is 0 Å². The highest BCUT2D eigenvalue weighted by Gasteiger charge is 2.58. The lowest BCUT2D eigenvalue weighted by Gasteiger charge is -2.51. The molecule has 2 fully saturated rings. The summed E-state index contributed by atoms with van der Waals surface area (Å²) in [5.41, 5.74) is 2.50. The number of carbonyl (C=O) groups is 2. The minimum atomic E-state index is -0.445. The van der Waals surface area contributed by atoms with Crippen molar-refractivity contribution in [2.45, 2.75) is 59.3 Å². The minimum absolute atomic E-state index is 0.0910. The number of hydrogen-bond donors (Lipinski definition) is 1. The molecule has 0 aliphatic heterocycles. The molecule has 0 aromatic carbocycles. The molecule has 0 bridgehead atoms. The molecule has 120 valence electrons. The van der Waals surface area contributed by atoms with Gasteiger partial charge in [-0.05, 0) is 50.4 Å². The summed E-state index contributed by atoms with van der Waals surface area (Å²) < 4.78 is 0. The molecule has 22 heavy (non-hydrogen) atoms. The Morgan fingerprint density at radius 1 is 1.23 bits per heavy atom. The third-order valence-corrected chi connectivity index (χ3v) is 6.52. The average molecular weight is 302 g/mol. The van der Waals surface area contributed by atoms with Gasteiger partial charge in [0, 0.05) is 16.4 Å². The Morgan fingerprint density at radius 2 is 1.95 bits per heavy atom. The molecule has 0 heterocycles. The van der Waals surface area contributed by atoms with E-state index in [9.17, 15) is 14.7 Å². The maximum Gasteiger partial charge on any atom is 0.168 e. The van der Waals surface area contributed by atoms with Crippen LogP contribution in [0.25, 0.3) is 0 Å². The Morgan fingerprint density at radius 3 is 2.55 bits per heavy atom. The quantitative estimate of drug-likeness (QED) is 0.361. The van der Waals surface area contributed by atoms with E-state index in [0.29, 0.717) is 17.9 Å². The van der Waals surface area contributed by atoms with Crippen molar-refractivity contribution in [1.82, 2.24) is 0 Å². The second kappa shape index (κ2) is 5.07. The number of allylic oxidation sites excluding steroid dienone is 3. The Kier molecular flexibility index (Phi) is 3.58. The van der Waals surface area contributed by atoms with Crippen LogP contribution in [0.15, 0.2) is 23.0 Å². The molecule has 3 rings (SSSR count). The van der Waals surface area contributed by atoms with Gasteiger partial charge in [-0.2, -0.15) is 0 Å². The van der Waals surface area contributed by atoms with Crippen molar-refractivity contribution in [3.05, 3.63) is 23.0 Å². The molecule has 1 N–H and O–H groups in total. The number of aldehydes is 1. The predicted molar refractivity (Wildman–Crippen MR) is 85.4 cm³/mol. The highest BCUT2D eigenvalue weighted by atomic mass is 16.2. The van der Waals surface area contributed by atoms with Gasteiger partial charge in [-0.15, -0.1) is 0 Å². The van der Waals surface area contributed by atoms with Crippen LogP contribution in [-0.2, 0) is 9.59 Å². The number of aliphatic hydroxyl groups excluding tert-OH is 1. The van der Waals surface area contributed by atoms with Crippen LogP contribution in [0, 0.1) is 22.7 Å². The average Bonchev–Trinajstić information content (AvgIpc) is 2.89. The number of ketones is 1. The van der Waals surface area contributed by atoms with Gasteiger partial charge in [-0.3, -0.25) is 4.79 Å². The van der Waals surface area contributed by atoms with Crippen LogP contribution in [0.5, 0.6) is 0 Å². The summed E-state index contributed by atoms with van der Waals surface area (Å²) >= 11 is 0. The van der Waals surface area contributed by atoms with Crippen molar-refractivity contribution in [3.8, 4) is 0 Å². The van der Waals surface area contributed by atoms with Crippen LogP contribution in [0.1, 0.15) is 59.3 Å². The van der Waals surface area contributed by atoms with Crippen molar-refractivity contribution < 1.29 is 14.7 Å². The summed E-state index contributed by atoms with van der Waals surface area (Å²) in [5.74, 6) is 0.694. The first-order valence-corrected chi connectivity index (χ1v) is 8.47. The van der Waals surface area contributed by atoms with Crippen molar-refractivity contribution in [1.29, 1.82) is 0 Å². The fourth-order valence-corrected chi connectivity index (χ4v) is 5.17. The van der Waals surface area contributed by atoms with Gasteiger partial charge >= 0.3 is 0 Å². The van der Waals surface area contributed by atoms with E-state index < -0.39 is 5.41 Å². The zero-order valence-electron chi connectivity index (χ0n) is 13.8. The molecule has 0 saturated heterocycles. The van der Waals surface area contributed by atoms with Crippen molar-refractivity contribution >= 4 is 12.1 Å². The second-order valence-electron chi connectivity index (χ2n) is 7.86. The van der Waals surface area contributed by atoms with E-state index >= 15 is 0 Å². The van der Waals surface area contributed by atoms with Crippen molar-refractivity contribution in [2.24, 2.45) is 22.7 Å². The van der Waals surface area contributed by atoms with Crippen LogP contribution >= 0.6 is 0 Å². The third kappa shape index (κ3) is 1.87. The van der Waals surface area contributed by atoms with Crippen LogP contribution < -0.4 is 0 Å². The van der Waals surface area contributed by atoms with Crippen LogP contribution in [0.3, 0.4) is 0 Å². The molecule has 0 aromatic heterocycles. The number of fused-ring (bicyclic) bond motifs is 3. The van der Waals surface area contributed by atoms with E-state index in [0.717, 1.165) is 38.4 Å².